The molecule has 0 bridgehead atoms. The SMILES string of the molecule is Cc1cccc(CN2CCN(CC=O)CC2)c1C. The summed E-state index contributed by atoms with van der Waals surface area (Å²) in [5, 5.41) is 0. The van der Waals surface area contributed by atoms with Gasteiger partial charge in [-0.25, -0.2) is 0 Å². The highest BCUT2D eigenvalue weighted by atomic mass is 16.1. The van der Waals surface area contributed by atoms with Gasteiger partial charge in [0.25, 0.3) is 0 Å². The fourth-order valence-corrected chi connectivity index (χ4v) is 2.46. The van der Waals surface area contributed by atoms with E-state index in [1.54, 1.807) is 0 Å². The van der Waals surface area contributed by atoms with Crippen molar-refractivity contribution in [1.29, 1.82) is 0 Å². The maximum absolute atomic E-state index is 10.5. The van der Waals surface area contributed by atoms with Crippen molar-refractivity contribution >= 4 is 6.29 Å². The van der Waals surface area contributed by atoms with Gasteiger partial charge in [0, 0.05) is 32.7 Å². The Bertz CT molecular complexity index is 409. The smallest absolute Gasteiger partial charge is 0.133 e. The number of nitrogens with zero attached hydrogens (tertiary/aromatic N) is 2. The number of piperazine rings is 1. The Hall–Kier alpha value is -1.19. The lowest BCUT2D eigenvalue weighted by Crippen LogP contribution is -2.46. The molecule has 0 radical (unpaired) electrons. The van der Waals surface area contributed by atoms with Crippen molar-refractivity contribution in [3.05, 3.63) is 34.9 Å². The summed E-state index contributed by atoms with van der Waals surface area (Å²) < 4.78 is 0. The highest BCUT2D eigenvalue weighted by Gasteiger charge is 2.16. The predicted octanol–water partition coefficient (Wildman–Crippen LogP) is 1.62. The lowest BCUT2D eigenvalue weighted by Gasteiger charge is -2.34. The van der Waals surface area contributed by atoms with E-state index in [0.717, 1.165) is 39.0 Å². The largest absolute Gasteiger partial charge is 0.302 e. The standard InChI is InChI=1S/C15H22N2O/c1-13-4-3-5-15(14(13)2)12-17-8-6-16(7-9-17)10-11-18/h3-5,11H,6-10,12H2,1-2H3. The maximum atomic E-state index is 10.5. The van der Waals surface area contributed by atoms with Crippen LogP contribution in [0.4, 0.5) is 0 Å². The molecule has 2 rings (SSSR count). The zero-order chi connectivity index (χ0) is 13.0. The Morgan fingerprint density at radius 2 is 1.78 bits per heavy atom. The van der Waals surface area contributed by atoms with Gasteiger partial charge in [-0.15, -0.1) is 0 Å². The van der Waals surface area contributed by atoms with Crippen LogP contribution in [-0.2, 0) is 11.3 Å². The fourth-order valence-electron chi connectivity index (χ4n) is 2.46. The first kappa shape index (κ1) is 13.2. The second-order valence-electron chi connectivity index (χ2n) is 5.10. The Balaban J connectivity index is 1.91. The van der Waals surface area contributed by atoms with Crippen LogP contribution in [0.2, 0.25) is 0 Å². The Morgan fingerprint density at radius 1 is 1.11 bits per heavy atom. The van der Waals surface area contributed by atoms with Crippen molar-refractivity contribution in [2.75, 3.05) is 32.7 Å². The molecule has 0 saturated carbocycles. The van der Waals surface area contributed by atoms with Gasteiger partial charge in [0.1, 0.15) is 6.29 Å². The quantitative estimate of drug-likeness (QED) is 0.754. The molecular formula is C15H22N2O. The number of carbonyl (C=O) groups is 1. The van der Waals surface area contributed by atoms with Gasteiger partial charge in [-0.2, -0.15) is 0 Å². The third kappa shape index (κ3) is 3.18. The molecule has 3 nitrogen and oxygen atoms in total. The van der Waals surface area contributed by atoms with Crippen LogP contribution >= 0.6 is 0 Å². The molecule has 1 aliphatic rings. The number of carbonyl (C=O) groups excluding carboxylic acids is 1. The Kier molecular flexibility index (Phi) is 4.50. The van der Waals surface area contributed by atoms with E-state index in [0.29, 0.717) is 6.54 Å². The van der Waals surface area contributed by atoms with E-state index in [1.165, 1.54) is 16.7 Å². The zero-order valence-electron chi connectivity index (χ0n) is 11.4. The van der Waals surface area contributed by atoms with Gasteiger partial charge in [0.05, 0.1) is 6.54 Å². The van der Waals surface area contributed by atoms with Crippen LogP contribution in [0.5, 0.6) is 0 Å². The first-order chi connectivity index (χ1) is 8.70. The van der Waals surface area contributed by atoms with Gasteiger partial charge in [-0.1, -0.05) is 18.2 Å². The summed E-state index contributed by atoms with van der Waals surface area (Å²) >= 11 is 0. The third-order valence-corrected chi connectivity index (χ3v) is 3.91. The topological polar surface area (TPSA) is 23.6 Å². The number of rotatable bonds is 4. The van der Waals surface area contributed by atoms with E-state index in [1.807, 2.05) is 0 Å². The lowest BCUT2D eigenvalue weighted by molar-refractivity contribution is -0.109. The van der Waals surface area contributed by atoms with E-state index in [9.17, 15) is 4.79 Å². The molecule has 3 heteroatoms. The van der Waals surface area contributed by atoms with Crippen LogP contribution in [0.15, 0.2) is 18.2 Å². The molecular weight excluding hydrogens is 224 g/mol. The molecule has 0 aliphatic carbocycles. The fraction of sp³-hybridized carbons (Fsp3) is 0.533. The number of hydrogen-bond acceptors (Lipinski definition) is 3. The summed E-state index contributed by atoms with van der Waals surface area (Å²) in [5.74, 6) is 0. The molecule has 0 spiro atoms. The molecule has 0 unspecified atom stereocenters. The summed E-state index contributed by atoms with van der Waals surface area (Å²) in [7, 11) is 0. The summed E-state index contributed by atoms with van der Waals surface area (Å²) in [5.41, 5.74) is 4.21. The van der Waals surface area contributed by atoms with Crippen molar-refractivity contribution in [3.8, 4) is 0 Å². The van der Waals surface area contributed by atoms with Crippen LogP contribution in [0, 0.1) is 13.8 Å². The van der Waals surface area contributed by atoms with E-state index >= 15 is 0 Å². The second-order valence-corrected chi connectivity index (χ2v) is 5.10. The van der Waals surface area contributed by atoms with Crippen molar-refractivity contribution in [2.24, 2.45) is 0 Å². The average Bonchev–Trinajstić information content (AvgIpc) is 2.38. The molecule has 0 amide bonds. The number of benzene rings is 1. The summed E-state index contributed by atoms with van der Waals surface area (Å²) in [6.45, 7) is 10.1. The van der Waals surface area contributed by atoms with Gasteiger partial charge in [0.15, 0.2) is 0 Å². The third-order valence-electron chi connectivity index (χ3n) is 3.91. The van der Waals surface area contributed by atoms with E-state index in [4.69, 9.17) is 0 Å². The number of hydrogen-bond donors (Lipinski definition) is 0. The Labute approximate surface area is 109 Å². The highest BCUT2D eigenvalue weighted by molar-refractivity contribution is 5.51. The van der Waals surface area contributed by atoms with Gasteiger partial charge in [0.2, 0.25) is 0 Å². The predicted molar refractivity (Wildman–Crippen MR) is 73.7 cm³/mol. The summed E-state index contributed by atoms with van der Waals surface area (Å²) in [6.07, 6.45) is 1.00. The van der Waals surface area contributed by atoms with Crippen LogP contribution in [-0.4, -0.2) is 48.8 Å². The van der Waals surface area contributed by atoms with Gasteiger partial charge < -0.3 is 4.79 Å². The maximum Gasteiger partial charge on any atom is 0.133 e. The number of aldehydes is 1. The molecule has 1 aromatic rings. The van der Waals surface area contributed by atoms with Gasteiger partial charge in [-0.05, 0) is 30.5 Å². The summed E-state index contributed by atoms with van der Waals surface area (Å²) in [6, 6.07) is 6.53. The van der Waals surface area contributed by atoms with Crippen LogP contribution in [0.25, 0.3) is 0 Å². The molecule has 1 saturated heterocycles. The van der Waals surface area contributed by atoms with Crippen molar-refractivity contribution in [2.45, 2.75) is 20.4 Å². The molecule has 98 valence electrons. The number of aryl methyl sites for hydroxylation is 1. The Morgan fingerprint density at radius 3 is 2.44 bits per heavy atom. The average molecular weight is 246 g/mol. The lowest BCUT2D eigenvalue weighted by atomic mass is 10.0. The van der Waals surface area contributed by atoms with Crippen LogP contribution in [0.1, 0.15) is 16.7 Å². The minimum absolute atomic E-state index is 0.581. The highest BCUT2D eigenvalue weighted by Crippen LogP contribution is 2.15. The normalized spacial score (nSPS) is 17.9. The molecule has 0 N–H and O–H groups in total. The summed E-state index contributed by atoms with van der Waals surface area (Å²) in [4.78, 5) is 15.2. The van der Waals surface area contributed by atoms with Crippen molar-refractivity contribution in [3.63, 3.8) is 0 Å². The molecule has 1 fully saturated rings. The van der Waals surface area contributed by atoms with Crippen molar-refractivity contribution in [1.82, 2.24) is 9.80 Å². The first-order valence-corrected chi connectivity index (χ1v) is 6.64. The first-order valence-electron chi connectivity index (χ1n) is 6.64. The molecule has 1 heterocycles. The monoisotopic (exact) mass is 246 g/mol. The van der Waals surface area contributed by atoms with E-state index in [2.05, 4.69) is 41.8 Å². The molecule has 1 aliphatic heterocycles. The van der Waals surface area contributed by atoms with Crippen LogP contribution in [0.3, 0.4) is 0 Å². The van der Waals surface area contributed by atoms with Gasteiger partial charge >= 0.3 is 0 Å². The van der Waals surface area contributed by atoms with Gasteiger partial charge in [-0.3, -0.25) is 9.80 Å². The molecule has 0 atom stereocenters. The van der Waals surface area contributed by atoms with Crippen LogP contribution < -0.4 is 0 Å². The molecule has 0 aromatic heterocycles. The van der Waals surface area contributed by atoms with E-state index in [-0.39, 0.29) is 0 Å². The minimum atomic E-state index is 0.581. The second kappa shape index (κ2) is 6.12. The van der Waals surface area contributed by atoms with Crippen molar-refractivity contribution < 1.29 is 4.79 Å². The minimum Gasteiger partial charge on any atom is -0.302 e. The zero-order valence-corrected chi connectivity index (χ0v) is 11.4. The molecule has 1 aromatic carbocycles. The molecule has 18 heavy (non-hydrogen) atoms. The van der Waals surface area contributed by atoms with E-state index < -0.39 is 0 Å².